The number of rotatable bonds is 4. The Kier molecular flexibility index (Phi) is 4.04. The maximum absolute atomic E-state index is 5.95. The molecule has 0 amide bonds. The van der Waals surface area contributed by atoms with E-state index in [-0.39, 0.29) is 0 Å². The zero-order valence-corrected chi connectivity index (χ0v) is 11.6. The number of hydrogen-bond acceptors (Lipinski definition) is 4. The fourth-order valence-corrected chi connectivity index (χ4v) is 2.79. The zero-order valence-electron chi connectivity index (χ0n) is 11.6. The number of nitrogens with zero attached hydrogens (tertiary/aromatic N) is 2. The summed E-state index contributed by atoms with van der Waals surface area (Å²) in [5.41, 5.74) is 7.03. The number of aromatic nitrogens is 2. The number of nitrogens with two attached hydrogens (primary N) is 1. The molecule has 1 aromatic heterocycles. The summed E-state index contributed by atoms with van der Waals surface area (Å²) in [6.45, 7) is 6.80. The highest BCUT2D eigenvalue weighted by atomic mass is 15.1. The Morgan fingerprint density at radius 3 is 2.72 bits per heavy atom. The van der Waals surface area contributed by atoms with Crippen LogP contribution in [0.25, 0.3) is 0 Å². The summed E-state index contributed by atoms with van der Waals surface area (Å²) in [6, 6.07) is 0.518. The van der Waals surface area contributed by atoms with Crippen molar-refractivity contribution in [2.45, 2.75) is 52.5 Å². The summed E-state index contributed by atoms with van der Waals surface area (Å²) < 4.78 is 0. The lowest BCUT2D eigenvalue weighted by molar-refractivity contribution is 0.435. The minimum absolute atomic E-state index is 0.518. The molecule has 100 valence electrons. The van der Waals surface area contributed by atoms with Crippen LogP contribution in [0.4, 0.5) is 11.6 Å². The molecule has 4 nitrogen and oxygen atoms in total. The molecule has 1 heterocycles. The van der Waals surface area contributed by atoms with E-state index in [9.17, 15) is 0 Å². The summed E-state index contributed by atoms with van der Waals surface area (Å²) in [6.07, 6.45) is 6.06. The lowest BCUT2D eigenvalue weighted by Gasteiger charge is -2.22. The largest absolute Gasteiger partial charge is 0.383 e. The van der Waals surface area contributed by atoms with Crippen LogP contribution >= 0.6 is 0 Å². The molecule has 0 saturated heterocycles. The maximum Gasteiger partial charge on any atom is 0.134 e. The second-order valence-electron chi connectivity index (χ2n) is 5.50. The quantitative estimate of drug-likeness (QED) is 0.860. The predicted octanol–water partition coefficient (Wildman–Crippen LogP) is 2.86. The van der Waals surface area contributed by atoms with Crippen molar-refractivity contribution in [1.82, 2.24) is 9.97 Å². The van der Waals surface area contributed by atoms with Crippen molar-refractivity contribution in [2.75, 3.05) is 11.1 Å². The van der Waals surface area contributed by atoms with E-state index in [0.29, 0.717) is 17.8 Å². The molecule has 1 saturated carbocycles. The molecule has 1 aliphatic rings. The van der Waals surface area contributed by atoms with Crippen molar-refractivity contribution in [1.29, 1.82) is 0 Å². The van der Waals surface area contributed by atoms with Gasteiger partial charge in [0.2, 0.25) is 0 Å². The molecule has 1 aliphatic carbocycles. The SMILES string of the molecule is CCCc1c(N)ncnc1NC1CCC(C)C1C. The second-order valence-corrected chi connectivity index (χ2v) is 5.50. The molecule has 0 aliphatic heterocycles. The van der Waals surface area contributed by atoms with E-state index in [4.69, 9.17) is 5.73 Å². The fraction of sp³-hybridized carbons (Fsp3) is 0.714. The number of nitrogens with one attached hydrogen (secondary N) is 1. The minimum atomic E-state index is 0.518. The van der Waals surface area contributed by atoms with Gasteiger partial charge in [-0.1, -0.05) is 27.2 Å². The van der Waals surface area contributed by atoms with Gasteiger partial charge in [-0.05, 0) is 31.1 Å². The molecule has 0 aromatic carbocycles. The molecule has 3 unspecified atom stereocenters. The molecule has 0 bridgehead atoms. The minimum Gasteiger partial charge on any atom is -0.383 e. The van der Waals surface area contributed by atoms with E-state index in [1.807, 2.05) is 0 Å². The van der Waals surface area contributed by atoms with Gasteiger partial charge in [-0.15, -0.1) is 0 Å². The van der Waals surface area contributed by atoms with Crippen molar-refractivity contribution >= 4 is 11.6 Å². The van der Waals surface area contributed by atoms with Crippen molar-refractivity contribution < 1.29 is 0 Å². The maximum atomic E-state index is 5.95. The standard InChI is InChI=1S/C14H24N4/c1-4-5-11-13(15)16-8-17-14(11)18-12-7-6-9(2)10(12)3/h8-10,12H,4-7H2,1-3H3,(H3,15,16,17,18). The summed E-state index contributed by atoms with van der Waals surface area (Å²) in [5, 5.41) is 3.58. The van der Waals surface area contributed by atoms with E-state index in [1.165, 1.54) is 12.8 Å². The molecule has 3 N–H and O–H groups in total. The fourth-order valence-electron chi connectivity index (χ4n) is 2.79. The van der Waals surface area contributed by atoms with Crippen LogP contribution in [-0.2, 0) is 6.42 Å². The Morgan fingerprint density at radius 1 is 1.33 bits per heavy atom. The van der Waals surface area contributed by atoms with Crippen LogP contribution in [0.3, 0.4) is 0 Å². The summed E-state index contributed by atoms with van der Waals surface area (Å²) >= 11 is 0. The Balaban J connectivity index is 2.16. The molecule has 0 radical (unpaired) electrons. The van der Waals surface area contributed by atoms with E-state index in [2.05, 4.69) is 36.1 Å². The third-order valence-electron chi connectivity index (χ3n) is 4.27. The first-order chi connectivity index (χ1) is 8.63. The number of anilines is 2. The van der Waals surface area contributed by atoms with Gasteiger partial charge in [-0.25, -0.2) is 9.97 Å². The van der Waals surface area contributed by atoms with Crippen LogP contribution in [0.5, 0.6) is 0 Å². The molecule has 18 heavy (non-hydrogen) atoms. The van der Waals surface area contributed by atoms with Crippen molar-refractivity contribution in [3.05, 3.63) is 11.9 Å². The summed E-state index contributed by atoms with van der Waals surface area (Å²) in [7, 11) is 0. The van der Waals surface area contributed by atoms with Crippen LogP contribution in [0, 0.1) is 11.8 Å². The zero-order chi connectivity index (χ0) is 13.1. The van der Waals surface area contributed by atoms with Gasteiger partial charge in [0, 0.05) is 11.6 Å². The topological polar surface area (TPSA) is 63.8 Å². The van der Waals surface area contributed by atoms with Crippen molar-refractivity contribution in [3.8, 4) is 0 Å². The van der Waals surface area contributed by atoms with Gasteiger partial charge in [-0.3, -0.25) is 0 Å². The molecular weight excluding hydrogens is 224 g/mol. The van der Waals surface area contributed by atoms with Crippen LogP contribution in [0.15, 0.2) is 6.33 Å². The van der Waals surface area contributed by atoms with E-state index in [1.54, 1.807) is 6.33 Å². The van der Waals surface area contributed by atoms with Crippen LogP contribution < -0.4 is 11.1 Å². The number of hydrogen-bond donors (Lipinski definition) is 2. The van der Waals surface area contributed by atoms with Crippen LogP contribution in [0.1, 0.15) is 45.6 Å². The third-order valence-corrected chi connectivity index (χ3v) is 4.27. The Bertz CT molecular complexity index is 405. The smallest absolute Gasteiger partial charge is 0.134 e. The van der Waals surface area contributed by atoms with Gasteiger partial charge < -0.3 is 11.1 Å². The predicted molar refractivity (Wildman–Crippen MR) is 75.4 cm³/mol. The summed E-state index contributed by atoms with van der Waals surface area (Å²) in [4.78, 5) is 8.47. The number of nitrogen functional groups attached to an aromatic ring is 1. The summed E-state index contributed by atoms with van der Waals surface area (Å²) in [5.74, 6) is 3.04. The molecule has 3 atom stereocenters. The van der Waals surface area contributed by atoms with Crippen LogP contribution in [0.2, 0.25) is 0 Å². The molecule has 0 spiro atoms. The van der Waals surface area contributed by atoms with Gasteiger partial charge in [0.25, 0.3) is 0 Å². The van der Waals surface area contributed by atoms with Gasteiger partial charge >= 0.3 is 0 Å². The Hall–Kier alpha value is -1.32. The molecule has 1 fully saturated rings. The van der Waals surface area contributed by atoms with Crippen molar-refractivity contribution in [3.63, 3.8) is 0 Å². The van der Waals surface area contributed by atoms with E-state index in [0.717, 1.165) is 30.1 Å². The highest BCUT2D eigenvalue weighted by Crippen LogP contribution is 2.34. The molecule has 4 heteroatoms. The first kappa shape index (κ1) is 13.1. The Labute approximate surface area is 109 Å². The van der Waals surface area contributed by atoms with E-state index < -0.39 is 0 Å². The van der Waals surface area contributed by atoms with Gasteiger partial charge in [-0.2, -0.15) is 0 Å². The Morgan fingerprint density at radius 2 is 2.11 bits per heavy atom. The first-order valence-corrected chi connectivity index (χ1v) is 6.99. The third kappa shape index (κ3) is 2.57. The average molecular weight is 248 g/mol. The lowest BCUT2D eigenvalue weighted by atomic mass is 9.97. The van der Waals surface area contributed by atoms with Crippen molar-refractivity contribution in [2.24, 2.45) is 11.8 Å². The highest BCUT2D eigenvalue weighted by molar-refractivity contribution is 5.55. The highest BCUT2D eigenvalue weighted by Gasteiger charge is 2.30. The normalized spacial score (nSPS) is 27.4. The van der Waals surface area contributed by atoms with Gasteiger partial charge in [0.15, 0.2) is 0 Å². The van der Waals surface area contributed by atoms with Gasteiger partial charge in [0.1, 0.15) is 18.0 Å². The van der Waals surface area contributed by atoms with Gasteiger partial charge in [0.05, 0.1) is 0 Å². The second kappa shape index (κ2) is 5.55. The van der Waals surface area contributed by atoms with Crippen LogP contribution in [-0.4, -0.2) is 16.0 Å². The molecule has 2 rings (SSSR count). The monoisotopic (exact) mass is 248 g/mol. The van der Waals surface area contributed by atoms with E-state index >= 15 is 0 Å². The average Bonchev–Trinajstić information content (AvgIpc) is 2.66. The molecule has 1 aromatic rings. The molecular formula is C14H24N4. The first-order valence-electron chi connectivity index (χ1n) is 6.99. The lowest BCUT2D eigenvalue weighted by Crippen LogP contribution is -2.25.